The van der Waals surface area contributed by atoms with Crippen LogP contribution < -0.4 is 5.73 Å². The monoisotopic (exact) mass is 360 g/mol. The van der Waals surface area contributed by atoms with Crippen LogP contribution in [-0.4, -0.2) is 39.3 Å². The number of aromatic amines is 1. The molecule has 0 saturated carbocycles. The van der Waals surface area contributed by atoms with Crippen molar-refractivity contribution in [2.45, 2.75) is 31.2 Å². The maximum absolute atomic E-state index is 13.3. The molecule has 27 heavy (non-hydrogen) atoms. The second kappa shape index (κ2) is 5.94. The first-order valence-electron chi connectivity index (χ1n) is 9.28. The second-order valence-corrected chi connectivity index (χ2v) is 7.43. The summed E-state index contributed by atoms with van der Waals surface area (Å²) in [6, 6.07) is 11.4. The fourth-order valence-corrected chi connectivity index (χ4v) is 4.66. The van der Waals surface area contributed by atoms with E-state index in [4.69, 9.17) is 5.73 Å². The third-order valence-electron chi connectivity index (χ3n) is 5.97. The van der Waals surface area contributed by atoms with Crippen molar-refractivity contribution in [3.63, 3.8) is 0 Å². The first-order chi connectivity index (χ1) is 13.1. The highest BCUT2D eigenvalue weighted by atomic mass is 16.2. The van der Waals surface area contributed by atoms with E-state index < -0.39 is 5.91 Å². The molecule has 2 aromatic carbocycles. The van der Waals surface area contributed by atoms with Crippen molar-refractivity contribution in [1.82, 2.24) is 14.9 Å². The van der Waals surface area contributed by atoms with E-state index in [1.54, 1.807) is 12.4 Å². The van der Waals surface area contributed by atoms with Gasteiger partial charge in [0.05, 0.1) is 17.4 Å². The van der Waals surface area contributed by atoms with Crippen LogP contribution in [0.1, 0.15) is 50.6 Å². The first-order valence-corrected chi connectivity index (χ1v) is 9.28. The zero-order valence-corrected chi connectivity index (χ0v) is 14.8. The molecule has 3 aromatic rings. The molecule has 0 bridgehead atoms. The zero-order valence-electron chi connectivity index (χ0n) is 14.8. The van der Waals surface area contributed by atoms with Crippen LogP contribution in [0.15, 0.2) is 42.7 Å². The zero-order chi connectivity index (χ0) is 18.5. The largest absolute Gasteiger partial charge is 0.366 e. The van der Waals surface area contributed by atoms with E-state index in [-0.39, 0.29) is 17.9 Å². The van der Waals surface area contributed by atoms with Gasteiger partial charge in [0, 0.05) is 29.6 Å². The molecule has 6 nitrogen and oxygen atoms in total. The van der Waals surface area contributed by atoms with Crippen molar-refractivity contribution < 1.29 is 9.59 Å². The van der Waals surface area contributed by atoms with Gasteiger partial charge in [0.15, 0.2) is 0 Å². The summed E-state index contributed by atoms with van der Waals surface area (Å²) in [4.78, 5) is 34.1. The number of hydrogen-bond acceptors (Lipinski definition) is 3. The summed E-state index contributed by atoms with van der Waals surface area (Å²) in [6.07, 6.45) is 4.46. The third-order valence-corrected chi connectivity index (χ3v) is 5.97. The van der Waals surface area contributed by atoms with Crippen molar-refractivity contribution in [3.8, 4) is 0 Å². The number of carbonyl (C=O) groups excluding carboxylic acids is 2. The van der Waals surface area contributed by atoms with E-state index in [0.717, 1.165) is 36.8 Å². The number of likely N-dealkylation sites (tertiary alicyclic amines) is 1. The first kappa shape index (κ1) is 16.1. The highest BCUT2D eigenvalue weighted by Gasteiger charge is 2.41. The summed E-state index contributed by atoms with van der Waals surface area (Å²) in [7, 11) is 0. The van der Waals surface area contributed by atoms with E-state index in [9.17, 15) is 9.59 Å². The van der Waals surface area contributed by atoms with Crippen LogP contribution in [0.4, 0.5) is 0 Å². The molecule has 5 rings (SSSR count). The minimum absolute atomic E-state index is 0.0594. The molecule has 0 radical (unpaired) electrons. The van der Waals surface area contributed by atoms with E-state index >= 15 is 0 Å². The van der Waals surface area contributed by atoms with Crippen molar-refractivity contribution in [2.24, 2.45) is 5.73 Å². The summed E-state index contributed by atoms with van der Waals surface area (Å²) in [5.41, 5.74) is 10.8. The number of amides is 2. The average molecular weight is 360 g/mol. The maximum Gasteiger partial charge on any atom is 0.254 e. The number of primary amides is 1. The molecule has 1 aliphatic heterocycles. The lowest BCUT2D eigenvalue weighted by molar-refractivity contribution is 0.0595. The summed E-state index contributed by atoms with van der Waals surface area (Å²) >= 11 is 0. The molecule has 2 atom stereocenters. The second-order valence-electron chi connectivity index (χ2n) is 7.43. The maximum atomic E-state index is 13.3. The summed E-state index contributed by atoms with van der Waals surface area (Å²) in [5, 5.41) is 0. The number of nitrogens with two attached hydrogens (primary N) is 1. The minimum atomic E-state index is -0.405. The molecule has 1 aliphatic carbocycles. The van der Waals surface area contributed by atoms with Crippen LogP contribution in [-0.2, 0) is 6.42 Å². The lowest BCUT2D eigenvalue weighted by atomic mass is 9.87. The third kappa shape index (κ3) is 2.51. The fourth-order valence-electron chi connectivity index (χ4n) is 4.66. The Hall–Kier alpha value is -3.15. The Morgan fingerprint density at radius 1 is 1.15 bits per heavy atom. The highest BCUT2D eigenvalue weighted by molar-refractivity contribution is 5.98. The SMILES string of the molecule is NC(=O)c1ccc2c(c1)[C@H]1CCCN(C(=O)c3ccc4nc[nH]c4c3)C1C2. The number of rotatable bonds is 2. The molecule has 3 N–H and O–H groups in total. The molecule has 1 saturated heterocycles. The van der Waals surface area contributed by atoms with E-state index in [0.29, 0.717) is 11.1 Å². The Bertz CT molecular complexity index is 1070. The van der Waals surface area contributed by atoms with Crippen LogP contribution in [0, 0.1) is 0 Å². The van der Waals surface area contributed by atoms with Crippen LogP contribution in [0.5, 0.6) is 0 Å². The van der Waals surface area contributed by atoms with E-state index in [1.807, 2.05) is 35.2 Å². The van der Waals surface area contributed by atoms with Gasteiger partial charge in [0.1, 0.15) is 0 Å². The molecule has 1 aromatic heterocycles. The molecule has 6 heteroatoms. The lowest BCUT2D eigenvalue weighted by Crippen LogP contribution is -2.46. The molecule has 2 amide bonds. The standard InChI is InChI=1S/C21H20N4O2/c22-20(26)13-4-3-12-10-19-15(16(12)8-13)2-1-7-25(19)21(27)14-5-6-17-18(9-14)24-11-23-17/h3-6,8-9,11,15,19H,1-2,7,10H2,(H2,22,26)(H,23,24)/t15-,19?/m1/s1. The molecule has 136 valence electrons. The normalized spacial score (nSPS) is 21.1. The van der Waals surface area contributed by atoms with Crippen molar-refractivity contribution in [2.75, 3.05) is 6.54 Å². The number of nitrogens with one attached hydrogen (secondary N) is 1. The molecule has 2 aliphatic rings. The number of hydrogen-bond donors (Lipinski definition) is 2. The number of fused-ring (bicyclic) bond motifs is 4. The molecular formula is C21H20N4O2. The Kier molecular flexibility index (Phi) is 3.53. The quantitative estimate of drug-likeness (QED) is 0.736. The molecule has 1 fully saturated rings. The van der Waals surface area contributed by atoms with Crippen LogP contribution in [0.2, 0.25) is 0 Å². The van der Waals surface area contributed by atoms with E-state index in [2.05, 4.69) is 9.97 Å². The Labute approximate surface area is 156 Å². The van der Waals surface area contributed by atoms with Crippen molar-refractivity contribution in [1.29, 1.82) is 0 Å². The molecule has 1 unspecified atom stereocenters. The highest BCUT2D eigenvalue weighted by Crippen LogP contribution is 2.43. The van der Waals surface area contributed by atoms with Gasteiger partial charge >= 0.3 is 0 Å². The number of piperidine rings is 1. The van der Waals surface area contributed by atoms with Crippen LogP contribution >= 0.6 is 0 Å². The van der Waals surface area contributed by atoms with Gasteiger partial charge in [-0.15, -0.1) is 0 Å². The number of carbonyl (C=O) groups is 2. The smallest absolute Gasteiger partial charge is 0.254 e. The van der Waals surface area contributed by atoms with Gasteiger partial charge in [-0.1, -0.05) is 6.07 Å². The Morgan fingerprint density at radius 2 is 2.00 bits per heavy atom. The van der Waals surface area contributed by atoms with Crippen molar-refractivity contribution >= 4 is 22.8 Å². The summed E-state index contributed by atoms with van der Waals surface area (Å²) < 4.78 is 0. The molecule has 2 heterocycles. The van der Waals surface area contributed by atoms with Gasteiger partial charge < -0.3 is 15.6 Å². The van der Waals surface area contributed by atoms with Gasteiger partial charge in [0.25, 0.3) is 5.91 Å². The van der Waals surface area contributed by atoms with E-state index in [1.165, 1.54) is 11.1 Å². The minimum Gasteiger partial charge on any atom is -0.366 e. The predicted octanol–water partition coefficient (Wildman–Crippen LogP) is 2.61. The van der Waals surface area contributed by atoms with Crippen LogP contribution in [0.3, 0.4) is 0 Å². The summed E-state index contributed by atoms with van der Waals surface area (Å²) in [5.74, 6) is -0.0742. The molecular weight excluding hydrogens is 340 g/mol. The number of nitrogens with zero attached hydrogens (tertiary/aromatic N) is 2. The van der Waals surface area contributed by atoms with Crippen LogP contribution in [0.25, 0.3) is 11.0 Å². The summed E-state index contributed by atoms with van der Waals surface area (Å²) in [6.45, 7) is 0.762. The average Bonchev–Trinajstić information content (AvgIpc) is 3.30. The number of imidazole rings is 1. The number of H-pyrrole nitrogens is 1. The van der Waals surface area contributed by atoms with Crippen molar-refractivity contribution in [3.05, 3.63) is 65.0 Å². The topological polar surface area (TPSA) is 92.1 Å². The van der Waals surface area contributed by atoms with Gasteiger partial charge in [0.2, 0.25) is 5.91 Å². The predicted molar refractivity (Wildman–Crippen MR) is 102 cm³/mol. The Morgan fingerprint density at radius 3 is 2.85 bits per heavy atom. The fraction of sp³-hybridized carbons (Fsp3) is 0.286. The molecule has 0 spiro atoms. The Balaban J connectivity index is 1.47. The number of benzene rings is 2. The number of aromatic nitrogens is 2. The van der Waals surface area contributed by atoms with Gasteiger partial charge in [-0.25, -0.2) is 4.98 Å². The lowest BCUT2D eigenvalue weighted by Gasteiger charge is -2.38. The van der Waals surface area contributed by atoms with Gasteiger partial charge in [-0.3, -0.25) is 9.59 Å². The van der Waals surface area contributed by atoms with Gasteiger partial charge in [-0.2, -0.15) is 0 Å². The van der Waals surface area contributed by atoms with Gasteiger partial charge in [-0.05, 0) is 60.7 Å².